The number of benzene rings is 1. The summed E-state index contributed by atoms with van der Waals surface area (Å²) in [7, 11) is 0. The molecule has 0 unspecified atom stereocenters. The molecule has 5 nitrogen and oxygen atoms in total. The van der Waals surface area contributed by atoms with Gasteiger partial charge in [-0.05, 0) is 24.3 Å². The van der Waals surface area contributed by atoms with E-state index >= 15 is 0 Å². The fraction of sp³-hybridized carbons (Fsp3) is 0.364. The predicted molar refractivity (Wildman–Crippen MR) is 63.5 cm³/mol. The van der Waals surface area contributed by atoms with Gasteiger partial charge in [0.25, 0.3) is 0 Å². The SMILES string of the molecule is N=C(c1ccc(NN)cc1)N1CCOCC1. The van der Waals surface area contributed by atoms with E-state index in [4.69, 9.17) is 16.0 Å². The monoisotopic (exact) mass is 220 g/mol. The summed E-state index contributed by atoms with van der Waals surface area (Å²) >= 11 is 0. The van der Waals surface area contributed by atoms with Crippen LogP contribution in [0.4, 0.5) is 5.69 Å². The molecule has 0 aliphatic carbocycles. The molecule has 1 aliphatic rings. The Hall–Kier alpha value is -1.59. The van der Waals surface area contributed by atoms with E-state index in [0.29, 0.717) is 19.0 Å². The van der Waals surface area contributed by atoms with Crippen LogP contribution in [0.1, 0.15) is 5.56 Å². The quantitative estimate of drug-likeness (QED) is 0.296. The summed E-state index contributed by atoms with van der Waals surface area (Å²) in [5, 5.41) is 8.07. The van der Waals surface area contributed by atoms with Crippen molar-refractivity contribution >= 4 is 11.5 Å². The smallest absolute Gasteiger partial charge is 0.128 e. The third kappa shape index (κ3) is 2.32. The van der Waals surface area contributed by atoms with Crippen LogP contribution in [0, 0.1) is 5.41 Å². The van der Waals surface area contributed by atoms with E-state index in [1.807, 2.05) is 29.2 Å². The number of anilines is 1. The van der Waals surface area contributed by atoms with E-state index in [9.17, 15) is 0 Å². The molecule has 1 fully saturated rings. The Kier molecular flexibility index (Phi) is 3.38. The van der Waals surface area contributed by atoms with Crippen LogP contribution in [-0.2, 0) is 4.74 Å². The molecule has 16 heavy (non-hydrogen) atoms. The Labute approximate surface area is 94.7 Å². The van der Waals surface area contributed by atoms with E-state index in [2.05, 4.69) is 5.43 Å². The summed E-state index contributed by atoms with van der Waals surface area (Å²) in [5.74, 6) is 5.84. The van der Waals surface area contributed by atoms with Gasteiger partial charge < -0.3 is 15.1 Å². The number of nitrogens with one attached hydrogen (secondary N) is 2. The van der Waals surface area contributed by atoms with Crippen LogP contribution in [-0.4, -0.2) is 37.0 Å². The first-order valence-corrected chi connectivity index (χ1v) is 5.29. The van der Waals surface area contributed by atoms with Gasteiger partial charge in [0, 0.05) is 24.3 Å². The summed E-state index contributed by atoms with van der Waals surface area (Å²) in [5.41, 5.74) is 4.32. The predicted octanol–water partition coefficient (Wildman–Crippen LogP) is 0.630. The first-order valence-electron chi connectivity index (χ1n) is 5.29. The Morgan fingerprint density at radius 3 is 2.44 bits per heavy atom. The third-order valence-corrected chi connectivity index (χ3v) is 2.65. The Morgan fingerprint density at radius 2 is 1.88 bits per heavy atom. The molecule has 1 aliphatic heterocycles. The maximum atomic E-state index is 8.07. The van der Waals surface area contributed by atoms with Gasteiger partial charge in [-0.15, -0.1) is 0 Å². The standard InChI is InChI=1S/C11H16N4O/c12-11(15-5-7-16-8-6-15)9-1-3-10(14-13)4-2-9/h1-4,12,14H,5-8,13H2. The van der Waals surface area contributed by atoms with E-state index in [1.54, 1.807) is 0 Å². The second-order valence-corrected chi connectivity index (χ2v) is 3.67. The lowest BCUT2D eigenvalue weighted by Crippen LogP contribution is -2.40. The average Bonchev–Trinajstić information content (AvgIpc) is 2.39. The number of nitrogens with zero attached hydrogens (tertiary/aromatic N) is 1. The van der Waals surface area contributed by atoms with Gasteiger partial charge in [0.1, 0.15) is 5.84 Å². The van der Waals surface area contributed by atoms with Crippen molar-refractivity contribution in [1.29, 1.82) is 5.41 Å². The van der Waals surface area contributed by atoms with Crippen molar-refractivity contribution in [2.75, 3.05) is 31.7 Å². The van der Waals surface area contributed by atoms with E-state index < -0.39 is 0 Å². The minimum absolute atomic E-state index is 0.548. The lowest BCUT2D eigenvalue weighted by Gasteiger charge is -2.29. The Balaban J connectivity index is 2.07. The normalized spacial score (nSPS) is 15.9. The summed E-state index contributed by atoms with van der Waals surface area (Å²) in [6.45, 7) is 2.97. The molecule has 1 heterocycles. The van der Waals surface area contributed by atoms with E-state index in [0.717, 1.165) is 24.3 Å². The number of hydrazine groups is 1. The van der Waals surface area contributed by atoms with Gasteiger partial charge in [-0.1, -0.05) is 0 Å². The molecule has 1 aromatic carbocycles. The van der Waals surface area contributed by atoms with Gasteiger partial charge in [-0.25, -0.2) is 0 Å². The summed E-state index contributed by atoms with van der Waals surface area (Å²) in [6.07, 6.45) is 0. The maximum Gasteiger partial charge on any atom is 0.128 e. The highest BCUT2D eigenvalue weighted by molar-refractivity contribution is 5.96. The van der Waals surface area contributed by atoms with Crippen molar-refractivity contribution in [1.82, 2.24) is 4.90 Å². The molecule has 0 radical (unpaired) electrons. The van der Waals surface area contributed by atoms with Crippen LogP contribution in [0.25, 0.3) is 0 Å². The zero-order valence-corrected chi connectivity index (χ0v) is 9.07. The van der Waals surface area contributed by atoms with Crippen molar-refractivity contribution < 1.29 is 4.74 Å². The summed E-state index contributed by atoms with van der Waals surface area (Å²) in [4.78, 5) is 2.02. The van der Waals surface area contributed by atoms with E-state index in [1.165, 1.54) is 0 Å². The molecule has 5 heteroatoms. The Bertz CT molecular complexity index is 357. The second-order valence-electron chi connectivity index (χ2n) is 3.67. The van der Waals surface area contributed by atoms with Crippen molar-refractivity contribution in [2.45, 2.75) is 0 Å². The number of hydrogen-bond acceptors (Lipinski definition) is 4. The minimum Gasteiger partial charge on any atom is -0.378 e. The fourth-order valence-corrected chi connectivity index (χ4v) is 1.69. The lowest BCUT2D eigenvalue weighted by molar-refractivity contribution is 0.0680. The molecule has 0 atom stereocenters. The van der Waals surface area contributed by atoms with Crippen LogP contribution >= 0.6 is 0 Å². The van der Waals surface area contributed by atoms with Gasteiger partial charge in [-0.2, -0.15) is 0 Å². The summed E-state index contributed by atoms with van der Waals surface area (Å²) < 4.78 is 5.26. The minimum atomic E-state index is 0.548. The van der Waals surface area contributed by atoms with Crippen LogP contribution in [0.3, 0.4) is 0 Å². The molecule has 86 valence electrons. The number of rotatable bonds is 2. The maximum absolute atomic E-state index is 8.07. The molecule has 0 aromatic heterocycles. The Morgan fingerprint density at radius 1 is 1.25 bits per heavy atom. The van der Waals surface area contributed by atoms with E-state index in [-0.39, 0.29) is 0 Å². The number of morpholine rings is 1. The molecular weight excluding hydrogens is 204 g/mol. The zero-order chi connectivity index (χ0) is 11.4. The van der Waals surface area contributed by atoms with Crippen molar-refractivity contribution in [3.8, 4) is 0 Å². The fourth-order valence-electron chi connectivity index (χ4n) is 1.69. The van der Waals surface area contributed by atoms with Crippen LogP contribution in [0.5, 0.6) is 0 Å². The van der Waals surface area contributed by atoms with Gasteiger partial charge in [0.15, 0.2) is 0 Å². The molecule has 1 saturated heterocycles. The number of nitrogen functional groups attached to an aromatic ring is 1. The molecule has 2 rings (SSSR count). The first-order chi connectivity index (χ1) is 7.81. The van der Waals surface area contributed by atoms with Gasteiger partial charge in [0.05, 0.1) is 13.2 Å². The first kappa shape index (κ1) is 10.9. The highest BCUT2D eigenvalue weighted by atomic mass is 16.5. The molecule has 0 amide bonds. The molecule has 0 spiro atoms. The average molecular weight is 220 g/mol. The van der Waals surface area contributed by atoms with Crippen molar-refractivity contribution in [2.24, 2.45) is 5.84 Å². The van der Waals surface area contributed by atoms with Crippen molar-refractivity contribution in [3.63, 3.8) is 0 Å². The third-order valence-electron chi connectivity index (χ3n) is 2.65. The number of amidine groups is 1. The van der Waals surface area contributed by atoms with Gasteiger partial charge >= 0.3 is 0 Å². The zero-order valence-electron chi connectivity index (χ0n) is 9.07. The van der Waals surface area contributed by atoms with Gasteiger partial charge in [0.2, 0.25) is 0 Å². The second kappa shape index (κ2) is 4.96. The van der Waals surface area contributed by atoms with Crippen molar-refractivity contribution in [3.05, 3.63) is 29.8 Å². The highest BCUT2D eigenvalue weighted by Crippen LogP contribution is 2.11. The molecule has 0 bridgehead atoms. The van der Waals surface area contributed by atoms with Gasteiger partial charge in [-0.3, -0.25) is 11.3 Å². The molecule has 0 saturated carbocycles. The molecule has 1 aromatic rings. The van der Waals surface area contributed by atoms with Crippen LogP contribution < -0.4 is 11.3 Å². The van der Waals surface area contributed by atoms with Crippen LogP contribution in [0.15, 0.2) is 24.3 Å². The topological polar surface area (TPSA) is 74.4 Å². The molecule has 4 N–H and O–H groups in total. The van der Waals surface area contributed by atoms with Crippen LogP contribution in [0.2, 0.25) is 0 Å². The molecular formula is C11H16N4O. The highest BCUT2D eigenvalue weighted by Gasteiger charge is 2.14. The number of ether oxygens (including phenoxy) is 1. The largest absolute Gasteiger partial charge is 0.378 e. The summed E-state index contributed by atoms with van der Waals surface area (Å²) in [6, 6.07) is 7.52. The lowest BCUT2D eigenvalue weighted by atomic mass is 10.1. The number of hydrogen-bond donors (Lipinski definition) is 3. The number of nitrogens with two attached hydrogens (primary N) is 1.